The number of carbonyl (C=O) groups excluding carboxylic acids is 1. The zero-order chi connectivity index (χ0) is 12.3. The van der Waals surface area contributed by atoms with E-state index in [4.69, 9.17) is 4.74 Å². The lowest BCUT2D eigenvalue weighted by Crippen LogP contribution is -2.22. The zero-order valence-corrected chi connectivity index (χ0v) is 8.89. The third-order valence-corrected chi connectivity index (χ3v) is 2.09. The Balaban J connectivity index is 3.05. The molecule has 0 heterocycles. The second kappa shape index (κ2) is 5.12. The van der Waals surface area contributed by atoms with Crippen molar-refractivity contribution in [2.75, 3.05) is 6.61 Å². The van der Waals surface area contributed by atoms with Gasteiger partial charge in [0.25, 0.3) is 0 Å². The summed E-state index contributed by atoms with van der Waals surface area (Å²) in [7, 11) is 0. The number of Topliss-reactive ketones (excluding diaryl/α,β-unsaturated/α-hetero) is 1. The molecule has 2 nitrogen and oxygen atoms in total. The summed E-state index contributed by atoms with van der Waals surface area (Å²) in [5, 5.41) is 0. The fraction of sp³-hybridized carbons (Fsp3) is 0.364. The van der Waals surface area contributed by atoms with Crippen molar-refractivity contribution in [1.29, 1.82) is 0 Å². The molecule has 1 rings (SSSR count). The van der Waals surface area contributed by atoms with Crippen LogP contribution in [0.2, 0.25) is 0 Å². The molecule has 0 spiro atoms. The maximum atomic E-state index is 13.2. The van der Waals surface area contributed by atoms with Gasteiger partial charge in [-0.05, 0) is 26.0 Å². The smallest absolute Gasteiger partial charge is 0.195 e. The van der Waals surface area contributed by atoms with Gasteiger partial charge in [-0.1, -0.05) is 0 Å². The van der Waals surface area contributed by atoms with Crippen LogP contribution in [0.4, 0.5) is 13.2 Å². The van der Waals surface area contributed by atoms with Gasteiger partial charge in [0.1, 0.15) is 6.10 Å². The van der Waals surface area contributed by atoms with Crippen LogP contribution in [0.5, 0.6) is 0 Å². The average molecular weight is 232 g/mol. The fourth-order valence-electron chi connectivity index (χ4n) is 1.26. The highest BCUT2D eigenvalue weighted by Crippen LogP contribution is 2.17. The highest BCUT2D eigenvalue weighted by atomic mass is 19.2. The number of ether oxygens (including phenoxy) is 1. The second-order valence-electron chi connectivity index (χ2n) is 3.18. The molecule has 1 aromatic rings. The van der Waals surface area contributed by atoms with Gasteiger partial charge < -0.3 is 4.74 Å². The summed E-state index contributed by atoms with van der Waals surface area (Å²) in [5.41, 5.74) is -0.500. The molecule has 88 valence electrons. The number of rotatable bonds is 4. The van der Waals surface area contributed by atoms with Crippen LogP contribution >= 0.6 is 0 Å². The number of ketones is 1. The minimum Gasteiger partial charge on any atom is -0.371 e. The molecule has 0 radical (unpaired) electrons. The van der Waals surface area contributed by atoms with E-state index in [1.165, 1.54) is 6.92 Å². The molecule has 0 bridgehead atoms. The number of benzene rings is 1. The predicted octanol–water partition coefficient (Wildman–Crippen LogP) is 2.71. The van der Waals surface area contributed by atoms with Crippen molar-refractivity contribution in [3.05, 3.63) is 35.1 Å². The van der Waals surface area contributed by atoms with Crippen molar-refractivity contribution in [2.24, 2.45) is 0 Å². The van der Waals surface area contributed by atoms with E-state index >= 15 is 0 Å². The summed E-state index contributed by atoms with van der Waals surface area (Å²) in [4.78, 5) is 11.6. The molecule has 0 saturated carbocycles. The van der Waals surface area contributed by atoms with Crippen LogP contribution in [0.15, 0.2) is 12.1 Å². The maximum absolute atomic E-state index is 13.2. The SMILES string of the molecule is CCOC(C)C(=O)c1ccc(F)c(F)c1F. The first-order valence-electron chi connectivity index (χ1n) is 4.78. The van der Waals surface area contributed by atoms with E-state index in [1.807, 2.05) is 0 Å². The van der Waals surface area contributed by atoms with Gasteiger partial charge in [0.15, 0.2) is 23.2 Å². The Morgan fingerprint density at radius 1 is 1.31 bits per heavy atom. The van der Waals surface area contributed by atoms with E-state index in [0.29, 0.717) is 6.07 Å². The highest BCUT2D eigenvalue weighted by molar-refractivity contribution is 5.99. The minimum atomic E-state index is -1.64. The summed E-state index contributed by atoms with van der Waals surface area (Å²) in [6, 6.07) is 1.62. The Hall–Kier alpha value is -1.36. The maximum Gasteiger partial charge on any atom is 0.195 e. The Labute approximate surface area is 91.0 Å². The lowest BCUT2D eigenvalue weighted by Gasteiger charge is -2.11. The summed E-state index contributed by atoms with van der Waals surface area (Å²) in [6.45, 7) is 3.37. The van der Waals surface area contributed by atoms with Crippen LogP contribution in [-0.4, -0.2) is 18.5 Å². The van der Waals surface area contributed by atoms with E-state index in [9.17, 15) is 18.0 Å². The molecule has 1 atom stereocenters. The Bertz CT molecular complexity index is 404. The lowest BCUT2D eigenvalue weighted by molar-refractivity contribution is 0.0516. The van der Waals surface area contributed by atoms with Gasteiger partial charge in [-0.15, -0.1) is 0 Å². The first kappa shape index (κ1) is 12.7. The first-order chi connectivity index (χ1) is 7.49. The standard InChI is InChI=1S/C11H11F3O2/c1-3-16-6(2)11(15)7-4-5-8(12)10(14)9(7)13/h4-6H,3H2,1-2H3. The molecule has 1 unspecified atom stereocenters. The largest absolute Gasteiger partial charge is 0.371 e. The third kappa shape index (κ3) is 2.41. The van der Waals surface area contributed by atoms with E-state index in [0.717, 1.165) is 6.07 Å². The van der Waals surface area contributed by atoms with E-state index in [2.05, 4.69) is 0 Å². The summed E-state index contributed by atoms with van der Waals surface area (Å²) >= 11 is 0. The first-order valence-corrected chi connectivity index (χ1v) is 4.78. The van der Waals surface area contributed by atoms with Gasteiger partial charge in [0.2, 0.25) is 0 Å². The number of hydrogen-bond donors (Lipinski definition) is 0. The third-order valence-electron chi connectivity index (χ3n) is 2.09. The Morgan fingerprint density at radius 2 is 1.94 bits per heavy atom. The molecule has 0 amide bonds. The molecule has 0 fully saturated rings. The molecule has 16 heavy (non-hydrogen) atoms. The Morgan fingerprint density at radius 3 is 2.50 bits per heavy atom. The van der Waals surface area contributed by atoms with Gasteiger partial charge in [-0.25, -0.2) is 13.2 Å². The van der Waals surface area contributed by atoms with Gasteiger partial charge in [-0.3, -0.25) is 4.79 Å². The van der Waals surface area contributed by atoms with Crippen LogP contribution < -0.4 is 0 Å². The van der Waals surface area contributed by atoms with Gasteiger partial charge in [0, 0.05) is 6.61 Å². The van der Waals surface area contributed by atoms with E-state index < -0.39 is 34.9 Å². The average Bonchev–Trinajstić information content (AvgIpc) is 2.26. The number of hydrogen-bond acceptors (Lipinski definition) is 2. The second-order valence-corrected chi connectivity index (χ2v) is 3.18. The van der Waals surface area contributed by atoms with Gasteiger partial charge >= 0.3 is 0 Å². The molecule has 0 aliphatic carbocycles. The van der Waals surface area contributed by atoms with Crippen LogP contribution in [0.3, 0.4) is 0 Å². The van der Waals surface area contributed by atoms with Crippen molar-refractivity contribution in [2.45, 2.75) is 20.0 Å². The zero-order valence-electron chi connectivity index (χ0n) is 8.89. The van der Waals surface area contributed by atoms with Crippen LogP contribution in [-0.2, 0) is 4.74 Å². The normalized spacial score (nSPS) is 12.6. The monoisotopic (exact) mass is 232 g/mol. The number of halogens is 3. The quantitative estimate of drug-likeness (QED) is 0.589. The van der Waals surface area contributed by atoms with Crippen molar-refractivity contribution in [3.63, 3.8) is 0 Å². The molecule has 0 aliphatic rings. The number of carbonyl (C=O) groups is 1. The van der Waals surface area contributed by atoms with Gasteiger partial charge in [-0.2, -0.15) is 0 Å². The van der Waals surface area contributed by atoms with Gasteiger partial charge in [0.05, 0.1) is 5.56 Å². The molecule has 1 aromatic carbocycles. The molecule has 0 saturated heterocycles. The molecular formula is C11H11F3O2. The van der Waals surface area contributed by atoms with E-state index in [1.54, 1.807) is 6.92 Å². The molecule has 5 heteroatoms. The summed E-state index contributed by atoms with van der Waals surface area (Å²) < 4.78 is 43.6. The fourth-order valence-corrected chi connectivity index (χ4v) is 1.26. The Kier molecular flexibility index (Phi) is 4.06. The van der Waals surface area contributed by atoms with Crippen molar-refractivity contribution in [3.8, 4) is 0 Å². The molecule has 0 aromatic heterocycles. The summed E-state index contributed by atoms with van der Waals surface area (Å²) in [5.74, 6) is -5.15. The summed E-state index contributed by atoms with van der Waals surface area (Å²) in [6.07, 6.45) is -0.885. The highest BCUT2D eigenvalue weighted by Gasteiger charge is 2.22. The van der Waals surface area contributed by atoms with Crippen LogP contribution in [0.1, 0.15) is 24.2 Å². The topological polar surface area (TPSA) is 26.3 Å². The predicted molar refractivity (Wildman–Crippen MR) is 51.7 cm³/mol. The van der Waals surface area contributed by atoms with Crippen molar-refractivity contribution >= 4 is 5.78 Å². The van der Waals surface area contributed by atoms with Crippen molar-refractivity contribution < 1.29 is 22.7 Å². The van der Waals surface area contributed by atoms with E-state index in [-0.39, 0.29) is 6.61 Å². The molecule has 0 N–H and O–H groups in total. The van der Waals surface area contributed by atoms with Crippen LogP contribution in [0, 0.1) is 17.5 Å². The van der Waals surface area contributed by atoms with Crippen molar-refractivity contribution in [1.82, 2.24) is 0 Å². The molecular weight excluding hydrogens is 221 g/mol. The van der Waals surface area contributed by atoms with Crippen LogP contribution in [0.25, 0.3) is 0 Å². The minimum absolute atomic E-state index is 0.276. The molecule has 0 aliphatic heterocycles. The lowest BCUT2D eigenvalue weighted by atomic mass is 10.1.